The lowest BCUT2D eigenvalue weighted by atomic mass is 10.2. The van der Waals surface area contributed by atoms with E-state index in [1.165, 1.54) is 6.92 Å². The van der Waals surface area contributed by atoms with Crippen LogP contribution in [0.25, 0.3) is 0 Å². The fourth-order valence-corrected chi connectivity index (χ4v) is 1.51. The van der Waals surface area contributed by atoms with Crippen LogP contribution < -0.4 is 5.32 Å². The van der Waals surface area contributed by atoms with Crippen LogP contribution in [0, 0.1) is 5.92 Å². The maximum atomic E-state index is 11.8. The Morgan fingerprint density at radius 1 is 1.38 bits per heavy atom. The van der Waals surface area contributed by atoms with Crippen LogP contribution in [-0.4, -0.2) is 40.6 Å². The summed E-state index contributed by atoms with van der Waals surface area (Å²) in [6.07, 6.45) is 2.06. The van der Waals surface area contributed by atoms with Crippen LogP contribution in [0.15, 0.2) is 0 Å². The van der Waals surface area contributed by atoms with Crippen molar-refractivity contribution in [2.45, 2.75) is 45.7 Å². The smallest absolute Gasteiger partial charge is 0.325 e. The number of rotatable bonds is 5. The van der Waals surface area contributed by atoms with Gasteiger partial charge < -0.3 is 15.3 Å². The molecule has 1 fully saturated rings. The standard InChI is InChI=1S/C11H20N2O3/c1-7(2)6-13(9-4-5-9)11(16)12-8(3)10(14)15/h7-9H,4-6H2,1-3H3,(H,12,16)(H,14,15)/t8-/m0/s1. The second kappa shape index (κ2) is 5.18. The number of hydrogen-bond donors (Lipinski definition) is 2. The second-order valence-electron chi connectivity index (χ2n) is 4.79. The molecule has 2 amide bonds. The van der Waals surface area contributed by atoms with Gasteiger partial charge in [-0.25, -0.2) is 4.79 Å². The predicted octanol–water partition coefficient (Wildman–Crippen LogP) is 1.29. The third kappa shape index (κ3) is 3.72. The normalized spacial score (nSPS) is 17.0. The van der Waals surface area contributed by atoms with Gasteiger partial charge in [0.15, 0.2) is 0 Å². The van der Waals surface area contributed by atoms with Crippen LogP contribution in [0.2, 0.25) is 0 Å². The van der Waals surface area contributed by atoms with Gasteiger partial charge in [-0.1, -0.05) is 13.8 Å². The number of aliphatic carboxylic acids is 1. The van der Waals surface area contributed by atoms with Crippen LogP contribution in [0.3, 0.4) is 0 Å². The van der Waals surface area contributed by atoms with Crippen LogP contribution >= 0.6 is 0 Å². The van der Waals surface area contributed by atoms with Crippen LogP contribution in [0.5, 0.6) is 0 Å². The minimum Gasteiger partial charge on any atom is -0.480 e. The molecule has 1 saturated carbocycles. The summed E-state index contributed by atoms with van der Waals surface area (Å²) in [7, 11) is 0. The van der Waals surface area contributed by atoms with E-state index in [0.29, 0.717) is 18.5 Å². The van der Waals surface area contributed by atoms with Crippen molar-refractivity contribution in [1.29, 1.82) is 0 Å². The van der Waals surface area contributed by atoms with Gasteiger partial charge in [-0.05, 0) is 25.7 Å². The zero-order valence-electron chi connectivity index (χ0n) is 10.1. The molecular formula is C11H20N2O3. The van der Waals surface area contributed by atoms with Crippen molar-refractivity contribution in [2.24, 2.45) is 5.92 Å². The predicted molar refractivity (Wildman–Crippen MR) is 60.2 cm³/mol. The Labute approximate surface area is 95.8 Å². The van der Waals surface area contributed by atoms with E-state index in [2.05, 4.69) is 5.32 Å². The molecule has 1 aliphatic rings. The summed E-state index contributed by atoms with van der Waals surface area (Å²) in [6, 6.07) is -0.782. The molecule has 1 aliphatic carbocycles. The van der Waals surface area contributed by atoms with Gasteiger partial charge in [0.05, 0.1) is 0 Å². The van der Waals surface area contributed by atoms with Crippen molar-refractivity contribution in [3.63, 3.8) is 0 Å². The molecular weight excluding hydrogens is 208 g/mol. The number of carbonyl (C=O) groups is 2. The number of amides is 2. The first-order chi connectivity index (χ1) is 7.41. The molecule has 2 N–H and O–H groups in total. The Kier molecular flexibility index (Phi) is 4.15. The Balaban J connectivity index is 2.50. The molecule has 0 heterocycles. The summed E-state index contributed by atoms with van der Waals surface area (Å²) in [4.78, 5) is 24.2. The highest BCUT2D eigenvalue weighted by Gasteiger charge is 2.33. The Bertz CT molecular complexity index is 274. The van der Waals surface area contributed by atoms with Crippen molar-refractivity contribution in [2.75, 3.05) is 6.54 Å². The van der Waals surface area contributed by atoms with E-state index < -0.39 is 12.0 Å². The maximum absolute atomic E-state index is 11.8. The molecule has 16 heavy (non-hydrogen) atoms. The number of nitrogens with zero attached hydrogens (tertiary/aromatic N) is 1. The van der Waals surface area contributed by atoms with Crippen molar-refractivity contribution in [3.8, 4) is 0 Å². The summed E-state index contributed by atoms with van der Waals surface area (Å²) >= 11 is 0. The second-order valence-corrected chi connectivity index (χ2v) is 4.79. The highest BCUT2D eigenvalue weighted by molar-refractivity contribution is 5.82. The molecule has 0 bridgehead atoms. The van der Waals surface area contributed by atoms with Crippen LogP contribution in [0.4, 0.5) is 4.79 Å². The number of hydrogen-bond acceptors (Lipinski definition) is 2. The molecule has 92 valence electrons. The van der Waals surface area contributed by atoms with Crippen molar-refractivity contribution in [1.82, 2.24) is 10.2 Å². The average molecular weight is 228 g/mol. The Morgan fingerprint density at radius 2 is 1.94 bits per heavy atom. The van der Waals surface area contributed by atoms with E-state index in [1.807, 2.05) is 13.8 Å². The lowest BCUT2D eigenvalue weighted by Gasteiger charge is -2.25. The molecule has 0 aromatic rings. The summed E-state index contributed by atoms with van der Waals surface area (Å²) < 4.78 is 0. The monoisotopic (exact) mass is 228 g/mol. The first-order valence-electron chi connectivity index (χ1n) is 5.71. The van der Waals surface area contributed by atoms with E-state index in [9.17, 15) is 9.59 Å². The van der Waals surface area contributed by atoms with Gasteiger partial charge in [-0.15, -0.1) is 0 Å². The first kappa shape index (κ1) is 12.8. The number of carbonyl (C=O) groups excluding carboxylic acids is 1. The molecule has 5 nitrogen and oxygen atoms in total. The molecule has 1 rings (SSSR count). The topological polar surface area (TPSA) is 69.6 Å². The molecule has 0 unspecified atom stereocenters. The minimum atomic E-state index is -1.01. The number of carboxylic acids is 1. The fourth-order valence-electron chi connectivity index (χ4n) is 1.51. The maximum Gasteiger partial charge on any atom is 0.325 e. The minimum absolute atomic E-state index is 0.258. The summed E-state index contributed by atoms with van der Waals surface area (Å²) in [5.41, 5.74) is 0. The average Bonchev–Trinajstić information content (AvgIpc) is 2.96. The van der Waals surface area contributed by atoms with Crippen LogP contribution in [-0.2, 0) is 4.79 Å². The number of urea groups is 1. The molecule has 1 atom stereocenters. The largest absolute Gasteiger partial charge is 0.480 e. The zero-order chi connectivity index (χ0) is 12.3. The quantitative estimate of drug-likeness (QED) is 0.745. The van der Waals surface area contributed by atoms with E-state index in [-0.39, 0.29) is 6.03 Å². The Hall–Kier alpha value is -1.26. The van der Waals surface area contributed by atoms with Gasteiger partial charge in [-0.2, -0.15) is 0 Å². The molecule has 5 heteroatoms. The summed E-state index contributed by atoms with van der Waals surface area (Å²) in [6.45, 7) is 6.25. The molecule has 0 radical (unpaired) electrons. The van der Waals surface area contributed by atoms with Gasteiger partial charge in [0, 0.05) is 12.6 Å². The van der Waals surface area contributed by atoms with Crippen molar-refractivity contribution >= 4 is 12.0 Å². The van der Waals surface area contributed by atoms with Gasteiger partial charge in [0.1, 0.15) is 6.04 Å². The van der Waals surface area contributed by atoms with E-state index in [1.54, 1.807) is 4.90 Å². The molecule has 0 aliphatic heterocycles. The van der Waals surface area contributed by atoms with E-state index in [4.69, 9.17) is 5.11 Å². The van der Waals surface area contributed by atoms with Crippen molar-refractivity contribution < 1.29 is 14.7 Å². The lowest BCUT2D eigenvalue weighted by Crippen LogP contribution is -2.48. The summed E-state index contributed by atoms with van der Waals surface area (Å²) in [5, 5.41) is 11.2. The third-order valence-electron chi connectivity index (χ3n) is 2.52. The highest BCUT2D eigenvalue weighted by atomic mass is 16.4. The SMILES string of the molecule is CC(C)CN(C(=O)N[C@@H](C)C(=O)O)C1CC1. The van der Waals surface area contributed by atoms with E-state index in [0.717, 1.165) is 12.8 Å². The van der Waals surface area contributed by atoms with Gasteiger partial charge >= 0.3 is 12.0 Å². The molecule has 0 aromatic heterocycles. The zero-order valence-corrected chi connectivity index (χ0v) is 10.1. The van der Waals surface area contributed by atoms with Gasteiger partial charge in [-0.3, -0.25) is 4.79 Å². The number of carboxylic acid groups (broad SMARTS) is 1. The van der Waals surface area contributed by atoms with Gasteiger partial charge in [0.2, 0.25) is 0 Å². The number of nitrogens with one attached hydrogen (secondary N) is 1. The van der Waals surface area contributed by atoms with E-state index >= 15 is 0 Å². The van der Waals surface area contributed by atoms with Gasteiger partial charge in [0.25, 0.3) is 0 Å². The lowest BCUT2D eigenvalue weighted by molar-refractivity contribution is -0.138. The highest BCUT2D eigenvalue weighted by Crippen LogP contribution is 2.27. The fraction of sp³-hybridized carbons (Fsp3) is 0.818. The molecule has 0 aromatic carbocycles. The molecule has 0 spiro atoms. The third-order valence-corrected chi connectivity index (χ3v) is 2.52. The van der Waals surface area contributed by atoms with Crippen LogP contribution in [0.1, 0.15) is 33.6 Å². The first-order valence-corrected chi connectivity index (χ1v) is 5.71. The summed E-state index contributed by atoms with van der Waals surface area (Å²) in [5.74, 6) is -0.611. The van der Waals surface area contributed by atoms with Crippen molar-refractivity contribution in [3.05, 3.63) is 0 Å². The Morgan fingerprint density at radius 3 is 2.31 bits per heavy atom. The molecule has 0 saturated heterocycles.